The largest absolute Gasteiger partial charge is 0.478 e. The normalized spacial score (nSPS) is 18.2. The maximum absolute atomic E-state index is 5.16. The monoisotopic (exact) mass is 142 g/mol. The summed E-state index contributed by atoms with van der Waals surface area (Å²) in [6, 6.07) is 0. The average Bonchev–Trinajstić information content (AvgIpc) is 1.88. The Labute approximate surface area is 61.7 Å². The lowest BCUT2D eigenvalue weighted by atomic mass is 10.4. The van der Waals surface area contributed by atoms with Crippen LogP contribution in [0.3, 0.4) is 0 Å². The third-order valence-electron chi connectivity index (χ3n) is 1.42. The molecule has 58 valence electrons. The Hall–Kier alpha value is -0.730. The molecule has 0 unspecified atom stereocenters. The molecule has 0 fully saturated rings. The lowest BCUT2D eigenvalue weighted by Crippen LogP contribution is -2.30. The Morgan fingerprint density at radius 3 is 3.10 bits per heavy atom. The molecule has 0 N–H and O–H groups in total. The quantitative estimate of drug-likeness (QED) is 0.576. The first kappa shape index (κ1) is 7.38. The van der Waals surface area contributed by atoms with Crippen molar-refractivity contribution in [2.45, 2.75) is 20.3 Å². The van der Waals surface area contributed by atoms with Crippen molar-refractivity contribution in [1.29, 1.82) is 0 Å². The minimum atomic E-state index is 0.787. The van der Waals surface area contributed by atoms with Gasteiger partial charge in [0.05, 0.1) is 6.54 Å². The van der Waals surface area contributed by atoms with Crippen LogP contribution in [0.25, 0.3) is 0 Å². The molecule has 0 aliphatic carbocycles. The van der Waals surface area contributed by atoms with Crippen molar-refractivity contribution in [3.63, 3.8) is 0 Å². The van der Waals surface area contributed by atoms with Crippen molar-refractivity contribution in [2.24, 2.45) is 5.10 Å². The SMILES string of the molecule is CCCN1CCOC(C)=N1. The number of hydrogen-bond acceptors (Lipinski definition) is 3. The molecule has 0 atom stereocenters. The van der Waals surface area contributed by atoms with Gasteiger partial charge in [-0.25, -0.2) is 0 Å². The van der Waals surface area contributed by atoms with Gasteiger partial charge < -0.3 is 4.74 Å². The highest BCUT2D eigenvalue weighted by molar-refractivity contribution is 5.73. The van der Waals surface area contributed by atoms with E-state index in [1.54, 1.807) is 0 Å². The van der Waals surface area contributed by atoms with Crippen LogP contribution in [0.15, 0.2) is 5.10 Å². The van der Waals surface area contributed by atoms with Gasteiger partial charge in [-0.05, 0) is 6.42 Å². The first-order chi connectivity index (χ1) is 4.83. The van der Waals surface area contributed by atoms with E-state index in [1.165, 1.54) is 0 Å². The predicted molar refractivity (Wildman–Crippen MR) is 40.9 cm³/mol. The maximum Gasteiger partial charge on any atom is 0.202 e. The molecule has 1 heterocycles. The van der Waals surface area contributed by atoms with E-state index in [0.717, 1.165) is 32.0 Å². The predicted octanol–water partition coefficient (Wildman–Crippen LogP) is 1.06. The van der Waals surface area contributed by atoms with E-state index >= 15 is 0 Å². The van der Waals surface area contributed by atoms with Crippen LogP contribution in [0.2, 0.25) is 0 Å². The molecule has 1 aliphatic heterocycles. The van der Waals surface area contributed by atoms with Crippen LogP contribution in [-0.4, -0.2) is 30.6 Å². The summed E-state index contributed by atoms with van der Waals surface area (Å²) in [6.07, 6.45) is 1.15. The molecule has 0 aromatic carbocycles. The van der Waals surface area contributed by atoms with Crippen molar-refractivity contribution < 1.29 is 4.74 Å². The molecule has 0 radical (unpaired) electrons. The first-order valence-corrected chi connectivity index (χ1v) is 3.76. The summed E-state index contributed by atoms with van der Waals surface area (Å²) in [7, 11) is 0. The molecule has 0 amide bonds. The van der Waals surface area contributed by atoms with E-state index in [4.69, 9.17) is 4.74 Å². The summed E-state index contributed by atoms with van der Waals surface area (Å²) in [5.41, 5.74) is 0. The zero-order valence-corrected chi connectivity index (χ0v) is 6.63. The van der Waals surface area contributed by atoms with Crippen LogP contribution < -0.4 is 0 Å². The highest BCUT2D eigenvalue weighted by Gasteiger charge is 2.06. The van der Waals surface area contributed by atoms with Crippen molar-refractivity contribution in [2.75, 3.05) is 19.7 Å². The third-order valence-corrected chi connectivity index (χ3v) is 1.42. The number of rotatable bonds is 2. The number of hydrogen-bond donors (Lipinski definition) is 0. The van der Waals surface area contributed by atoms with Gasteiger partial charge >= 0.3 is 0 Å². The van der Waals surface area contributed by atoms with E-state index in [1.807, 2.05) is 6.92 Å². The summed E-state index contributed by atoms with van der Waals surface area (Å²) in [6.45, 7) is 6.81. The highest BCUT2D eigenvalue weighted by Crippen LogP contribution is 1.99. The highest BCUT2D eigenvalue weighted by atomic mass is 16.5. The van der Waals surface area contributed by atoms with Crippen LogP contribution in [-0.2, 0) is 4.74 Å². The van der Waals surface area contributed by atoms with E-state index in [0.29, 0.717) is 0 Å². The lowest BCUT2D eigenvalue weighted by Gasteiger charge is -2.23. The Morgan fingerprint density at radius 2 is 2.50 bits per heavy atom. The number of nitrogens with zero attached hydrogens (tertiary/aromatic N) is 2. The fourth-order valence-electron chi connectivity index (χ4n) is 0.997. The van der Waals surface area contributed by atoms with Gasteiger partial charge in [-0.3, -0.25) is 5.01 Å². The first-order valence-electron chi connectivity index (χ1n) is 3.76. The fraction of sp³-hybridized carbons (Fsp3) is 0.857. The second-order valence-electron chi connectivity index (χ2n) is 2.42. The van der Waals surface area contributed by atoms with Crippen LogP contribution in [0.5, 0.6) is 0 Å². The fourth-order valence-corrected chi connectivity index (χ4v) is 0.997. The summed E-state index contributed by atoms with van der Waals surface area (Å²) < 4.78 is 5.16. The van der Waals surface area contributed by atoms with Gasteiger partial charge in [-0.15, -0.1) is 5.10 Å². The van der Waals surface area contributed by atoms with Crippen molar-refractivity contribution >= 4 is 5.90 Å². The molecule has 0 aromatic heterocycles. The van der Waals surface area contributed by atoms with Gasteiger partial charge in [0.1, 0.15) is 6.61 Å². The molecule has 1 aliphatic rings. The van der Waals surface area contributed by atoms with Crippen LogP contribution in [0.1, 0.15) is 20.3 Å². The smallest absolute Gasteiger partial charge is 0.202 e. The Morgan fingerprint density at radius 1 is 1.70 bits per heavy atom. The van der Waals surface area contributed by atoms with Crippen molar-refractivity contribution in [3.05, 3.63) is 0 Å². The molecule has 0 spiro atoms. The number of ether oxygens (including phenoxy) is 1. The van der Waals surface area contributed by atoms with E-state index in [9.17, 15) is 0 Å². The molecular weight excluding hydrogens is 128 g/mol. The molecule has 0 bridgehead atoms. The number of hydrazone groups is 1. The average molecular weight is 142 g/mol. The second-order valence-corrected chi connectivity index (χ2v) is 2.42. The zero-order chi connectivity index (χ0) is 7.40. The molecule has 0 aromatic rings. The summed E-state index contributed by atoms with van der Waals surface area (Å²) in [5, 5.41) is 6.25. The van der Waals surface area contributed by atoms with E-state index in [-0.39, 0.29) is 0 Å². The molecule has 3 nitrogen and oxygen atoms in total. The van der Waals surface area contributed by atoms with Crippen molar-refractivity contribution in [1.82, 2.24) is 5.01 Å². The van der Waals surface area contributed by atoms with Gasteiger partial charge in [0.2, 0.25) is 5.90 Å². The topological polar surface area (TPSA) is 24.8 Å². The van der Waals surface area contributed by atoms with Crippen LogP contribution in [0, 0.1) is 0 Å². The van der Waals surface area contributed by atoms with Gasteiger partial charge in [-0.1, -0.05) is 6.92 Å². The molecule has 3 heteroatoms. The molecule has 10 heavy (non-hydrogen) atoms. The van der Waals surface area contributed by atoms with Gasteiger partial charge in [0, 0.05) is 13.5 Å². The second kappa shape index (κ2) is 3.44. The Kier molecular flexibility index (Phi) is 2.54. The minimum absolute atomic E-state index is 0.787. The lowest BCUT2D eigenvalue weighted by molar-refractivity contribution is 0.165. The van der Waals surface area contributed by atoms with Gasteiger partial charge in [0.25, 0.3) is 0 Å². The van der Waals surface area contributed by atoms with Gasteiger partial charge in [0.15, 0.2) is 0 Å². The van der Waals surface area contributed by atoms with E-state index in [2.05, 4.69) is 17.0 Å². The Balaban J connectivity index is 2.38. The van der Waals surface area contributed by atoms with Crippen molar-refractivity contribution in [3.8, 4) is 0 Å². The summed E-state index contributed by atoms with van der Waals surface area (Å²) in [4.78, 5) is 0. The van der Waals surface area contributed by atoms with Crippen LogP contribution >= 0.6 is 0 Å². The third kappa shape index (κ3) is 1.90. The molecule has 1 rings (SSSR count). The molecule has 0 saturated heterocycles. The minimum Gasteiger partial charge on any atom is -0.478 e. The van der Waals surface area contributed by atoms with Gasteiger partial charge in [-0.2, -0.15) is 0 Å². The standard InChI is InChI=1S/C7H14N2O/c1-3-4-9-5-6-10-7(2)8-9/h3-6H2,1-2H3. The summed E-state index contributed by atoms with van der Waals surface area (Å²) >= 11 is 0. The molecular formula is C7H14N2O. The maximum atomic E-state index is 5.16. The molecule has 0 saturated carbocycles. The summed E-state index contributed by atoms with van der Waals surface area (Å²) in [5.74, 6) is 0.791. The zero-order valence-electron chi connectivity index (χ0n) is 6.63. The van der Waals surface area contributed by atoms with Crippen LogP contribution in [0.4, 0.5) is 0 Å². The Bertz CT molecular complexity index is 134. The van der Waals surface area contributed by atoms with E-state index < -0.39 is 0 Å².